The molecule has 1 unspecified atom stereocenters. The predicted molar refractivity (Wildman–Crippen MR) is 61.9 cm³/mol. The van der Waals surface area contributed by atoms with E-state index in [9.17, 15) is 14.7 Å². The highest BCUT2D eigenvalue weighted by molar-refractivity contribution is 5.96. The van der Waals surface area contributed by atoms with Gasteiger partial charge in [-0.2, -0.15) is 0 Å². The maximum atomic E-state index is 12.1. The van der Waals surface area contributed by atoms with Crippen LogP contribution in [0.2, 0.25) is 0 Å². The molecule has 0 aromatic heterocycles. The van der Waals surface area contributed by atoms with Gasteiger partial charge in [-0.15, -0.1) is 0 Å². The van der Waals surface area contributed by atoms with Crippen LogP contribution in [0.3, 0.4) is 0 Å². The zero-order valence-electron chi connectivity index (χ0n) is 10.0. The first-order chi connectivity index (χ1) is 8.00. The van der Waals surface area contributed by atoms with Crippen molar-refractivity contribution in [2.24, 2.45) is 5.92 Å². The van der Waals surface area contributed by atoms with Crippen molar-refractivity contribution in [1.29, 1.82) is 0 Å². The molecule has 0 aromatic carbocycles. The van der Waals surface area contributed by atoms with Gasteiger partial charge in [-0.25, -0.2) is 4.79 Å². The Morgan fingerprint density at radius 1 is 1.41 bits per heavy atom. The van der Waals surface area contributed by atoms with Crippen molar-refractivity contribution < 1.29 is 14.7 Å². The minimum atomic E-state index is -0.972. The summed E-state index contributed by atoms with van der Waals surface area (Å²) < 4.78 is 0. The van der Waals surface area contributed by atoms with Crippen LogP contribution in [0.25, 0.3) is 0 Å². The number of carbonyl (C=O) groups is 2. The number of hydrogen-bond acceptors (Lipinski definition) is 3. The van der Waals surface area contributed by atoms with Crippen LogP contribution < -0.4 is 0 Å². The second-order valence-electron chi connectivity index (χ2n) is 4.50. The quantitative estimate of drug-likeness (QED) is 0.726. The van der Waals surface area contributed by atoms with Gasteiger partial charge in [0, 0.05) is 20.1 Å². The lowest BCUT2D eigenvalue weighted by Crippen LogP contribution is -2.36. The number of carboxylic acid groups (broad SMARTS) is 1. The maximum absolute atomic E-state index is 12.1. The fraction of sp³-hybridized carbons (Fsp3) is 0.500. The highest BCUT2D eigenvalue weighted by Gasteiger charge is 2.32. The monoisotopic (exact) mass is 236 g/mol. The van der Waals surface area contributed by atoms with E-state index < -0.39 is 5.97 Å². The molecule has 0 bridgehead atoms. The van der Waals surface area contributed by atoms with Gasteiger partial charge < -0.3 is 14.9 Å². The van der Waals surface area contributed by atoms with Crippen LogP contribution in [0.1, 0.15) is 13.3 Å². The van der Waals surface area contributed by atoms with E-state index in [2.05, 4.69) is 0 Å². The Hall–Kier alpha value is -1.78. The van der Waals surface area contributed by atoms with Gasteiger partial charge in [0.25, 0.3) is 5.91 Å². The van der Waals surface area contributed by atoms with Crippen molar-refractivity contribution in [2.45, 2.75) is 13.3 Å². The van der Waals surface area contributed by atoms with Crippen LogP contribution in [0.15, 0.2) is 23.5 Å². The maximum Gasteiger partial charge on any atom is 0.352 e. The van der Waals surface area contributed by atoms with Crippen molar-refractivity contribution in [3.8, 4) is 0 Å². The van der Waals surface area contributed by atoms with E-state index in [1.807, 2.05) is 13.0 Å². The Morgan fingerprint density at radius 2 is 2.12 bits per heavy atom. The number of rotatable bonds is 1. The van der Waals surface area contributed by atoms with Crippen LogP contribution >= 0.6 is 0 Å². The van der Waals surface area contributed by atoms with Crippen LogP contribution in [-0.4, -0.2) is 46.9 Å². The number of amides is 1. The van der Waals surface area contributed by atoms with Crippen LogP contribution in [0.4, 0.5) is 0 Å². The summed E-state index contributed by atoms with van der Waals surface area (Å²) in [7, 11) is 1.75. The van der Waals surface area contributed by atoms with E-state index in [0.717, 1.165) is 6.42 Å². The average molecular weight is 236 g/mol. The van der Waals surface area contributed by atoms with Crippen molar-refractivity contribution >= 4 is 11.9 Å². The number of nitrogens with zero attached hydrogens (tertiary/aromatic N) is 2. The number of carbonyl (C=O) groups excluding carboxylic acids is 1. The number of carboxylic acids is 1. The van der Waals surface area contributed by atoms with Crippen molar-refractivity contribution in [1.82, 2.24) is 9.80 Å². The molecule has 17 heavy (non-hydrogen) atoms. The summed E-state index contributed by atoms with van der Waals surface area (Å²) in [5, 5.41) is 9.18. The largest absolute Gasteiger partial charge is 0.477 e. The van der Waals surface area contributed by atoms with Gasteiger partial charge in [-0.1, -0.05) is 6.92 Å². The molecule has 5 heteroatoms. The van der Waals surface area contributed by atoms with Gasteiger partial charge in [0.15, 0.2) is 0 Å². The molecule has 1 saturated heterocycles. The summed E-state index contributed by atoms with van der Waals surface area (Å²) in [6.45, 7) is 3.12. The molecule has 0 spiro atoms. The topological polar surface area (TPSA) is 60.9 Å². The summed E-state index contributed by atoms with van der Waals surface area (Å²) in [6, 6.07) is 0. The molecule has 1 atom stereocenters. The van der Waals surface area contributed by atoms with Crippen LogP contribution in [-0.2, 0) is 9.59 Å². The molecule has 1 fully saturated rings. The molecule has 5 nitrogen and oxygen atoms in total. The highest BCUT2D eigenvalue weighted by atomic mass is 16.4. The molecule has 2 aliphatic rings. The van der Waals surface area contributed by atoms with Gasteiger partial charge in [0.2, 0.25) is 0 Å². The molecule has 2 heterocycles. The third-order valence-electron chi connectivity index (χ3n) is 3.08. The Bertz CT molecular complexity index is 425. The number of allylic oxidation sites excluding steroid dienone is 2. The second kappa shape index (κ2) is 4.24. The first kappa shape index (κ1) is 11.7. The third kappa shape index (κ3) is 2.05. The summed E-state index contributed by atoms with van der Waals surface area (Å²) >= 11 is 0. The Labute approximate surface area is 100.0 Å². The Kier molecular flexibility index (Phi) is 2.92. The van der Waals surface area contributed by atoms with Crippen LogP contribution in [0, 0.1) is 5.92 Å². The van der Waals surface area contributed by atoms with E-state index in [4.69, 9.17) is 0 Å². The molecule has 0 aromatic rings. The molecule has 0 aliphatic carbocycles. The molecule has 1 N–H and O–H groups in total. The molecule has 2 rings (SSSR count). The zero-order valence-corrected chi connectivity index (χ0v) is 10.0. The Balaban J connectivity index is 2.40. The van der Waals surface area contributed by atoms with Gasteiger partial charge >= 0.3 is 5.97 Å². The van der Waals surface area contributed by atoms with Crippen LogP contribution in [0.5, 0.6) is 0 Å². The lowest BCUT2D eigenvalue weighted by atomic mass is 10.0. The minimum Gasteiger partial charge on any atom is -0.477 e. The summed E-state index contributed by atoms with van der Waals surface area (Å²) in [5.74, 6) is -1.09. The summed E-state index contributed by atoms with van der Waals surface area (Å²) in [6.07, 6.45) is 4.29. The van der Waals surface area contributed by atoms with Gasteiger partial charge in [0.1, 0.15) is 11.4 Å². The van der Waals surface area contributed by atoms with Gasteiger partial charge in [0.05, 0.1) is 0 Å². The van der Waals surface area contributed by atoms with E-state index in [1.165, 1.54) is 0 Å². The molecule has 92 valence electrons. The third-order valence-corrected chi connectivity index (χ3v) is 3.08. The molecular weight excluding hydrogens is 220 g/mol. The van der Waals surface area contributed by atoms with E-state index in [1.54, 1.807) is 22.9 Å². The standard InChI is InChI=1S/C12H16N2O3/c1-8-6-9-11(15)13(2)4-3-5-14(9)10(7-8)12(16)17/h6-8H,3-5H2,1-2H3,(H,16,17). The number of likely N-dealkylation sites (N-methyl/N-ethyl adjacent to an activating group) is 1. The molecule has 1 amide bonds. The van der Waals surface area contributed by atoms with Gasteiger partial charge in [-0.05, 0) is 24.5 Å². The molecule has 0 radical (unpaired) electrons. The minimum absolute atomic E-state index is 0.0252. The van der Waals surface area contributed by atoms with Crippen molar-refractivity contribution in [2.75, 3.05) is 20.1 Å². The molecular formula is C12H16N2O3. The zero-order chi connectivity index (χ0) is 12.6. The van der Waals surface area contributed by atoms with Crippen molar-refractivity contribution in [3.05, 3.63) is 23.5 Å². The number of aliphatic carboxylic acids is 1. The number of fused-ring (bicyclic) bond motifs is 1. The summed E-state index contributed by atoms with van der Waals surface area (Å²) in [5.41, 5.74) is 0.719. The van der Waals surface area contributed by atoms with E-state index >= 15 is 0 Å². The van der Waals surface area contributed by atoms with E-state index in [0.29, 0.717) is 18.8 Å². The van der Waals surface area contributed by atoms with Gasteiger partial charge in [-0.3, -0.25) is 4.79 Å². The smallest absolute Gasteiger partial charge is 0.352 e. The fourth-order valence-corrected chi connectivity index (χ4v) is 2.23. The van der Waals surface area contributed by atoms with E-state index in [-0.39, 0.29) is 17.5 Å². The predicted octanol–water partition coefficient (Wildman–Crippen LogP) is 0.653. The average Bonchev–Trinajstić information content (AvgIpc) is 2.40. The highest BCUT2D eigenvalue weighted by Crippen LogP contribution is 2.26. The Morgan fingerprint density at radius 3 is 2.76 bits per heavy atom. The molecule has 2 aliphatic heterocycles. The normalized spacial score (nSPS) is 24.8. The lowest BCUT2D eigenvalue weighted by molar-refractivity contribution is -0.134. The molecule has 0 saturated carbocycles. The van der Waals surface area contributed by atoms with Crippen molar-refractivity contribution in [3.63, 3.8) is 0 Å². The SMILES string of the molecule is CC1C=C(C(=O)O)N2CCCN(C)C(=O)C2=C1. The second-order valence-corrected chi connectivity index (χ2v) is 4.50. The lowest BCUT2D eigenvalue weighted by Gasteiger charge is -2.29. The number of hydrogen-bond donors (Lipinski definition) is 1. The first-order valence-corrected chi connectivity index (χ1v) is 5.70. The summed E-state index contributed by atoms with van der Waals surface area (Å²) in [4.78, 5) is 26.5. The fourth-order valence-electron chi connectivity index (χ4n) is 2.23. The first-order valence-electron chi connectivity index (χ1n) is 5.70.